The summed E-state index contributed by atoms with van der Waals surface area (Å²) in [7, 11) is 0. The van der Waals surface area contributed by atoms with Crippen molar-refractivity contribution in [1.29, 1.82) is 0 Å². The molecule has 0 spiro atoms. The third-order valence-corrected chi connectivity index (χ3v) is 8.39. The molecule has 0 saturated heterocycles. The van der Waals surface area contributed by atoms with Crippen molar-refractivity contribution < 1.29 is 9.53 Å². The van der Waals surface area contributed by atoms with Gasteiger partial charge in [0.1, 0.15) is 5.56 Å². The average molecular weight is 464 g/mol. The Kier molecular flexibility index (Phi) is 5.90. The van der Waals surface area contributed by atoms with Gasteiger partial charge >= 0.3 is 0 Å². The number of nitrogens with zero attached hydrogens (tertiary/aromatic N) is 2. The van der Waals surface area contributed by atoms with Crippen LogP contribution in [0.2, 0.25) is 0 Å². The molecule has 5 aliphatic carbocycles. The predicted octanol–water partition coefficient (Wildman–Crippen LogP) is 4.79. The molecule has 5 aliphatic rings. The molecule has 0 atom stereocenters. The lowest BCUT2D eigenvalue weighted by Crippen LogP contribution is -2.55. The Morgan fingerprint density at radius 1 is 1.10 bits per heavy atom. The smallest absolute Gasteiger partial charge is 0.258 e. The van der Waals surface area contributed by atoms with Gasteiger partial charge in [-0.05, 0) is 74.5 Å². The molecule has 6 rings (SSSR count). The van der Waals surface area contributed by atoms with Crippen LogP contribution in [0.4, 0.5) is 0 Å². The van der Waals surface area contributed by atoms with Crippen molar-refractivity contribution in [2.45, 2.75) is 76.8 Å². The van der Waals surface area contributed by atoms with Gasteiger partial charge in [0.2, 0.25) is 5.88 Å². The van der Waals surface area contributed by atoms with Gasteiger partial charge in [-0.25, -0.2) is 4.68 Å². The normalized spacial score (nSPS) is 33.8. The number of nitrogens with one attached hydrogen (secondary N) is 1. The molecule has 5 saturated carbocycles. The first-order valence-corrected chi connectivity index (χ1v) is 12.9. The number of hydrogen-bond donors (Lipinski definition) is 1. The van der Waals surface area contributed by atoms with Gasteiger partial charge in [0.15, 0.2) is 0 Å². The van der Waals surface area contributed by atoms with E-state index in [2.05, 4.69) is 26.3 Å². The molecular weight excluding hydrogens is 430 g/mol. The fraction of sp³-hybridized carbons (Fsp3) is 0.826. The number of aromatic nitrogens is 2. The fourth-order valence-corrected chi connectivity index (χ4v) is 7.20. The van der Waals surface area contributed by atoms with Crippen LogP contribution in [0.15, 0.2) is 6.20 Å². The van der Waals surface area contributed by atoms with E-state index in [1.54, 1.807) is 6.20 Å². The first-order chi connectivity index (χ1) is 14.2. The average Bonchev–Trinajstić information content (AvgIpc) is 3.12. The Morgan fingerprint density at radius 2 is 1.79 bits per heavy atom. The van der Waals surface area contributed by atoms with Crippen LogP contribution in [0.3, 0.4) is 0 Å². The summed E-state index contributed by atoms with van der Waals surface area (Å²) in [6, 6.07) is 0.348. The monoisotopic (exact) mass is 463 g/mol. The lowest BCUT2D eigenvalue weighted by atomic mass is 9.54. The number of carbonyl (C=O) groups is 1. The van der Waals surface area contributed by atoms with Crippen LogP contribution in [0.1, 0.15) is 74.6 Å². The second kappa shape index (κ2) is 8.60. The highest BCUT2D eigenvalue weighted by Gasteiger charge is 2.48. The largest absolute Gasteiger partial charge is 0.477 e. The maximum atomic E-state index is 13.3. The minimum Gasteiger partial charge on any atom is -0.477 e. The molecular formula is C23H34BrN3O2. The molecule has 1 amide bonds. The van der Waals surface area contributed by atoms with E-state index in [-0.39, 0.29) is 5.91 Å². The van der Waals surface area contributed by atoms with Crippen LogP contribution in [0.5, 0.6) is 5.88 Å². The van der Waals surface area contributed by atoms with Crippen LogP contribution in [0, 0.1) is 29.6 Å². The second-order valence-electron chi connectivity index (χ2n) is 10.0. The van der Waals surface area contributed by atoms with Crippen LogP contribution in [0.25, 0.3) is 0 Å². The Bertz CT molecular complexity index is 700. The summed E-state index contributed by atoms with van der Waals surface area (Å²) in [6.45, 7) is 1.41. The van der Waals surface area contributed by atoms with Crippen molar-refractivity contribution in [2.24, 2.45) is 29.6 Å². The molecule has 0 unspecified atom stereocenters. The SMILES string of the molecule is O=C(NC1C2CC3CC(C2)CC1C3)c1cnn(CCBr)c1OCC1CCCCC1. The molecule has 0 aliphatic heterocycles. The molecule has 0 radical (unpaired) electrons. The van der Waals surface area contributed by atoms with Gasteiger partial charge in [0, 0.05) is 11.4 Å². The van der Waals surface area contributed by atoms with E-state index in [4.69, 9.17) is 4.74 Å². The molecule has 1 N–H and O–H groups in total. The van der Waals surface area contributed by atoms with Gasteiger partial charge in [-0.1, -0.05) is 35.2 Å². The molecule has 29 heavy (non-hydrogen) atoms. The molecule has 0 aromatic carbocycles. The number of rotatable bonds is 7. The zero-order chi connectivity index (χ0) is 19.8. The Labute approximate surface area is 182 Å². The molecule has 4 bridgehead atoms. The molecule has 6 heteroatoms. The third-order valence-electron chi connectivity index (χ3n) is 8.04. The topological polar surface area (TPSA) is 56.2 Å². The van der Waals surface area contributed by atoms with E-state index >= 15 is 0 Å². The van der Waals surface area contributed by atoms with Crippen molar-refractivity contribution in [1.82, 2.24) is 15.1 Å². The number of ether oxygens (including phenoxy) is 1. The minimum absolute atomic E-state index is 0.0157. The van der Waals surface area contributed by atoms with E-state index in [1.807, 2.05) is 4.68 Å². The van der Waals surface area contributed by atoms with Crippen molar-refractivity contribution in [3.05, 3.63) is 11.8 Å². The Balaban J connectivity index is 1.28. The number of halogens is 1. The highest BCUT2D eigenvalue weighted by molar-refractivity contribution is 9.09. The second-order valence-corrected chi connectivity index (χ2v) is 10.8. The first-order valence-electron chi connectivity index (χ1n) is 11.8. The van der Waals surface area contributed by atoms with Crippen molar-refractivity contribution in [2.75, 3.05) is 11.9 Å². The molecule has 5 fully saturated rings. The third kappa shape index (κ3) is 4.11. The molecule has 160 valence electrons. The Hall–Kier alpha value is -1.04. The predicted molar refractivity (Wildman–Crippen MR) is 116 cm³/mol. The molecule has 1 aromatic heterocycles. The highest BCUT2D eigenvalue weighted by atomic mass is 79.9. The minimum atomic E-state index is 0.0157. The zero-order valence-corrected chi connectivity index (χ0v) is 18.9. The summed E-state index contributed by atoms with van der Waals surface area (Å²) in [6.07, 6.45) is 14.8. The standard InChI is InChI=1S/C23H34BrN3O2/c24-6-7-27-23(29-14-15-4-2-1-3-5-15)20(13-25-27)22(28)26-21-18-9-16-8-17(11-18)12-19(21)10-16/h13,15-19,21H,1-12,14H2,(H,26,28). The lowest BCUT2D eigenvalue weighted by Gasteiger charge is -2.54. The van der Waals surface area contributed by atoms with E-state index in [0.29, 0.717) is 48.4 Å². The van der Waals surface area contributed by atoms with Gasteiger partial charge in [-0.3, -0.25) is 4.79 Å². The van der Waals surface area contributed by atoms with E-state index in [9.17, 15) is 4.79 Å². The number of alkyl halides is 1. The van der Waals surface area contributed by atoms with Crippen LogP contribution >= 0.6 is 15.9 Å². The van der Waals surface area contributed by atoms with Gasteiger partial charge < -0.3 is 10.1 Å². The zero-order valence-electron chi connectivity index (χ0n) is 17.3. The van der Waals surface area contributed by atoms with Gasteiger partial charge in [-0.2, -0.15) is 5.10 Å². The molecule has 1 heterocycles. The van der Waals surface area contributed by atoms with Crippen LogP contribution in [-0.2, 0) is 6.54 Å². The number of aryl methyl sites for hydroxylation is 1. The number of carbonyl (C=O) groups excluding carboxylic acids is 1. The van der Waals surface area contributed by atoms with E-state index in [0.717, 1.165) is 17.2 Å². The van der Waals surface area contributed by atoms with Crippen molar-refractivity contribution >= 4 is 21.8 Å². The quantitative estimate of drug-likeness (QED) is 0.591. The Morgan fingerprint density at radius 3 is 2.45 bits per heavy atom. The van der Waals surface area contributed by atoms with E-state index in [1.165, 1.54) is 64.2 Å². The number of hydrogen-bond acceptors (Lipinski definition) is 3. The summed E-state index contributed by atoms with van der Waals surface area (Å²) in [4.78, 5) is 13.3. The highest BCUT2D eigenvalue weighted by Crippen LogP contribution is 2.53. The van der Waals surface area contributed by atoms with Crippen LogP contribution in [-0.4, -0.2) is 33.7 Å². The van der Waals surface area contributed by atoms with Gasteiger partial charge in [0.25, 0.3) is 5.91 Å². The summed E-state index contributed by atoms with van der Waals surface area (Å²) < 4.78 is 8.10. The van der Waals surface area contributed by atoms with E-state index < -0.39 is 0 Å². The molecule has 5 nitrogen and oxygen atoms in total. The summed E-state index contributed by atoms with van der Waals surface area (Å²) in [5, 5.41) is 8.70. The van der Waals surface area contributed by atoms with Crippen LogP contribution < -0.4 is 10.1 Å². The summed E-state index contributed by atoms with van der Waals surface area (Å²) in [5.74, 6) is 4.48. The van der Waals surface area contributed by atoms with Gasteiger partial charge in [-0.15, -0.1) is 0 Å². The van der Waals surface area contributed by atoms with Crippen molar-refractivity contribution in [3.8, 4) is 5.88 Å². The molecule has 1 aromatic rings. The lowest BCUT2D eigenvalue weighted by molar-refractivity contribution is -0.0120. The first kappa shape index (κ1) is 19.9. The summed E-state index contributed by atoms with van der Waals surface area (Å²) >= 11 is 3.50. The van der Waals surface area contributed by atoms with Crippen molar-refractivity contribution in [3.63, 3.8) is 0 Å². The van der Waals surface area contributed by atoms with Gasteiger partial charge in [0.05, 0.1) is 19.3 Å². The summed E-state index contributed by atoms with van der Waals surface area (Å²) in [5.41, 5.74) is 0.621. The fourth-order valence-electron chi connectivity index (χ4n) is 6.86. The maximum Gasteiger partial charge on any atom is 0.258 e. The maximum absolute atomic E-state index is 13.3. The number of amides is 1.